The van der Waals surface area contributed by atoms with Crippen LogP contribution in [0.25, 0.3) is 0 Å². The van der Waals surface area contributed by atoms with E-state index in [0.29, 0.717) is 24.0 Å². The summed E-state index contributed by atoms with van der Waals surface area (Å²) in [4.78, 5) is 4.14. The van der Waals surface area contributed by atoms with Crippen LogP contribution in [-0.2, 0) is 10.0 Å². The first-order valence-corrected chi connectivity index (χ1v) is 10.2. The van der Waals surface area contributed by atoms with Gasteiger partial charge >= 0.3 is 0 Å². The van der Waals surface area contributed by atoms with E-state index in [1.54, 1.807) is 12.3 Å². The third kappa shape index (κ3) is 4.28. The summed E-state index contributed by atoms with van der Waals surface area (Å²) < 4.78 is 27.4. The summed E-state index contributed by atoms with van der Waals surface area (Å²) in [6, 6.07) is 1.68. The van der Waals surface area contributed by atoms with Crippen molar-refractivity contribution in [1.29, 1.82) is 0 Å². The smallest absolute Gasteiger partial charge is 0.244 e. The van der Waals surface area contributed by atoms with Gasteiger partial charge in [0.2, 0.25) is 10.0 Å². The predicted octanol–water partition coefficient (Wildman–Crippen LogP) is 1.64. The van der Waals surface area contributed by atoms with Crippen molar-refractivity contribution >= 4 is 39.2 Å². The molecule has 1 aliphatic rings. The fraction of sp³-hybridized carbons (Fsp3) is 0.583. The molecule has 0 spiro atoms. The highest BCUT2D eigenvalue weighted by Gasteiger charge is 2.21. The number of anilines is 1. The molecule has 2 N–H and O–H groups in total. The van der Waals surface area contributed by atoms with Gasteiger partial charge in [-0.1, -0.05) is 0 Å². The molecule has 0 bridgehead atoms. The molecule has 0 aromatic carbocycles. The molecular weight excluding hydrogens is 314 g/mol. The Labute approximate surface area is 128 Å². The minimum absolute atomic E-state index is 0.218. The highest BCUT2D eigenvalue weighted by molar-refractivity contribution is 8.06. The first-order valence-electron chi connectivity index (χ1n) is 6.50. The minimum Gasteiger partial charge on any atom is -0.384 e. The number of pyridine rings is 1. The fourth-order valence-corrected chi connectivity index (χ4v) is 5.79. The van der Waals surface area contributed by atoms with Gasteiger partial charge in [-0.15, -0.1) is 0 Å². The largest absolute Gasteiger partial charge is 0.384 e. The van der Waals surface area contributed by atoms with Crippen LogP contribution in [0.3, 0.4) is 0 Å². The number of sulfonamides is 1. The molecule has 5 nitrogen and oxygen atoms in total. The van der Waals surface area contributed by atoms with Gasteiger partial charge < -0.3 is 5.32 Å². The average Bonchev–Trinajstić information content (AvgIpc) is 2.47. The normalized spacial score (nSPS) is 19.8. The maximum absolute atomic E-state index is 12.4. The van der Waals surface area contributed by atoms with Crippen LogP contribution in [-0.4, -0.2) is 49.0 Å². The molecule has 2 heterocycles. The van der Waals surface area contributed by atoms with Gasteiger partial charge in [-0.3, -0.25) is 4.98 Å². The lowest BCUT2D eigenvalue weighted by Gasteiger charge is -2.21. The van der Waals surface area contributed by atoms with Crippen LogP contribution in [0.4, 0.5) is 5.69 Å². The molecule has 0 radical (unpaired) electrons. The van der Waals surface area contributed by atoms with Crippen molar-refractivity contribution < 1.29 is 8.42 Å². The molecule has 1 unspecified atom stereocenters. The molecule has 0 saturated carbocycles. The lowest BCUT2D eigenvalue weighted by molar-refractivity contribution is 0.581. The highest BCUT2D eigenvalue weighted by Crippen LogP contribution is 2.24. The van der Waals surface area contributed by atoms with Crippen LogP contribution < -0.4 is 10.0 Å². The number of hydrogen-bond acceptors (Lipinski definition) is 6. The number of rotatable bonds is 6. The van der Waals surface area contributed by atoms with Gasteiger partial charge in [0.1, 0.15) is 4.90 Å². The molecule has 2 rings (SSSR count). The summed E-state index contributed by atoms with van der Waals surface area (Å²) in [5.74, 6) is 3.24. The zero-order valence-corrected chi connectivity index (χ0v) is 13.8. The Balaban J connectivity index is 2.05. The van der Waals surface area contributed by atoms with Gasteiger partial charge in [-0.2, -0.15) is 23.5 Å². The molecule has 112 valence electrons. The number of nitrogens with zero attached hydrogens (tertiary/aromatic N) is 1. The Morgan fingerprint density at radius 2 is 2.30 bits per heavy atom. The summed E-state index contributed by atoms with van der Waals surface area (Å²) in [7, 11) is -3.51. The van der Waals surface area contributed by atoms with E-state index in [4.69, 9.17) is 0 Å². The molecule has 0 aliphatic carbocycles. The molecule has 1 aromatic rings. The molecule has 1 aliphatic heterocycles. The molecule has 1 aromatic heterocycles. The van der Waals surface area contributed by atoms with E-state index in [2.05, 4.69) is 15.0 Å². The van der Waals surface area contributed by atoms with E-state index in [1.807, 2.05) is 30.4 Å². The van der Waals surface area contributed by atoms with Crippen molar-refractivity contribution in [3.05, 3.63) is 18.5 Å². The quantitative estimate of drug-likeness (QED) is 0.825. The van der Waals surface area contributed by atoms with Crippen molar-refractivity contribution in [2.24, 2.45) is 0 Å². The summed E-state index contributed by atoms with van der Waals surface area (Å²) in [6.07, 6.45) is 2.98. The third-order valence-electron chi connectivity index (χ3n) is 2.83. The Bertz CT molecular complexity index is 531. The number of thioether (sulfide) groups is 2. The maximum Gasteiger partial charge on any atom is 0.244 e. The Morgan fingerprint density at radius 1 is 1.45 bits per heavy atom. The molecule has 0 amide bonds. The Hall–Kier alpha value is -0.440. The Morgan fingerprint density at radius 3 is 3.00 bits per heavy atom. The average molecular weight is 334 g/mol. The number of hydrogen-bond donors (Lipinski definition) is 2. The highest BCUT2D eigenvalue weighted by atomic mass is 32.2. The van der Waals surface area contributed by atoms with Crippen molar-refractivity contribution in [2.75, 3.05) is 35.7 Å². The predicted molar refractivity (Wildman–Crippen MR) is 87.2 cm³/mol. The molecule has 1 atom stereocenters. The zero-order chi connectivity index (χ0) is 14.4. The molecule has 20 heavy (non-hydrogen) atoms. The summed E-state index contributed by atoms with van der Waals surface area (Å²) in [5, 5.41) is 3.40. The van der Waals surface area contributed by atoms with Crippen molar-refractivity contribution in [2.45, 2.75) is 17.1 Å². The van der Waals surface area contributed by atoms with Crippen LogP contribution in [0, 0.1) is 0 Å². The van der Waals surface area contributed by atoms with E-state index in [0.717, 1.165) is 17.3 Å². The zero-order valence-electron chi connectivity index (χ0n) is 11.3. The number of nitrogens with one attached hydrogen (secondary N) is 2. The second-order valence-electron chi connectivity index (χ2n) is 4.32. The summed E-state index contributed by atoms with van der Waals surface area (Å²) >= 11 is 3.71. The topological polar surface area (TPSA) is 71.1 Å². The van der Waals surface area contributed by atoms with Gasteiger partial charge in [0.15, 0.2) is 0 Å². The third-order valence-corrected chi connectivity index (χ3v) is 7.12. The van der Waals surface area contributed by atoms with E-state index in [1.165, 1.54) is 6.20 Å². The van der Waals surface area contributed by atoms with Gasteiger partial charge in [0, 0.05) is 48.0 Å². The first-order chi connectivity index (χ1) is 9.63. The molecule has 8 heteroatoms. The van der Waals surface area contributed by atoms with Crippen LogP contribution in [0.5, 0.6) is 0 Å². The summed E-state index contributed by atoms with van der Waals surface area (Å²) in [6.45, 7) is 3.07. The lowest BCUT2D eigenvalue weighted by atomic mass is 10.4. The van der Waals surface area contributed by atoms with Gasteiger partial charge in [0.05, 0.1) is 5.69 Å². The monoisotopic (exact) mass is 333 g/mol. The van der Waals surface area contributed by atoms with Gasteiger partial charge in [-0.05, 0) is 13.0 Å². The van der Waals surface area contributed by atoms with E-state index in [9.17, 15) is 8.42 Å². The fourth-order valence-electron chi connectivity index (χ4n) is 1.87. The van der Waals surface area contributed by atoms with E-state index in [-0.39, 0.29) is 4.90 Å². The van der Waals surface area contributed by atoms with Crippen molar-refractivity contribution in [3.63, 3.8) is 0 Å². The summed E-state index contributed by atoms with van der Waals surface area (Å²) in [5.41, 5.74) is 0.598. The van der Waals surface area contributed by atoms with E-state index < -0.39 is 10.0 Å². The van der Waals surface area contributed by atoms with Crippen LogP contribution in [0.2, 0.25) is 0 Å². The molecular formula is C12H19N3O2S3. The maximum atomic E-state index is 12.4. The SMILES string of the molecule is CCNc1ccncc1S(=O)(=O)NCC1CSCCS1. The molecule has 1 fully saturated rings. The van der Waals surface area contributed by atoms with Gasteiger partial charge in [0.25, 0.3) is 0 Å². The first kappa shape index (κ1) is 15.9. The second-order valence-corrected chi connectivity index (χ2v) is 8.62. The lowest BCUT2D eigenvalue weighted by Crippen LogP contribution is -2.33. The van der Waals surface area contributed by atoms with Crippen molar-refractivity contribution in [3.8, 4) is 0 Å². The standard InChI is InChI=1S/C12H19N3O2S3/c1-2-14-11-3-4-13-8-12(11)20(16,17)15-7-10-9-18-5-6-19-10/h3-4,8,10,15H,2,5-7,9H2,1H3,(H,13,14). The molecule has 1 saturated heterocycles. The Kier molecular flexibility index (Phi) is 6.01. The van der Waals surface area contributed by atoms with Crippen molar-refractivity contribution in [1.82, 2.24) is 9.71 Å². The second kappa shape index (κ2) is 7.53. The number of aromatic nitrogens is 1. The van der Waals surface area contributed by atoms with Gasteiger partial charge in [-0.25, -0.2) is 13.1 Å². The van der Waals surface area contributed by atoms with E-state index >= 15 is 0 Å². The van der Waals surface area contributed by atoms with Crippen LogP contribution in [0.1, 0.15) is 6.92 Å². The minimum atomic E-state index is -3.51. The van der Waals surface area contributed by atoms with Crippen LogP contribution >= 0.6 is 23.5 Å². The van der Waals surface area contributed by atoms with Crippen LogP contribution in [0.15, 0.2) is 23.4 Å².